The molecular weight excluding hydrogens is 352 g/mol. The van der Waals surface area contributed by atoms with Gasteiger partial charge in [0.15, 0.2) is 0 Å². The first kappa shape index (κ1) is 18.6. The van der Waals surface area contributed by atoms with Gasteiger partial charge in [-0.3, -0.25) is 4.90 Å². The summed E-state index contributed by atoms with van der Waals surface area (Å²) >= 11 is 1.40. The fourth-order valence-corrected chi connectivity index (χ4v) is 6.21. The van der Waals surface area contributed by atoms with Crippen LogP contribution in [0.4, 0.5) is 0 Å². The molecule has 25 heavy (non-hydrogen) atoms. The van der Waals surface area contributed by atoms with E-state index in [2.05, 4.69) is 43.0 Å². The molecule has 0 aliphatic carbocycles. The van der Waals surface area contributed by atoms with Gasteiger partial charge in [-0.25, -0.2) is 8.42 Å². The Hall–Kier alpha value is -1.21. The van der Waals surface area contributed by atoms with Gasteiger partial charge in [0, 0.05) is 37.1 Å². The summed E-state index contributed by atoms with van der Waals surface area (Å²) in [6.07, 6.45) is 1.88. The minimum Gasteiger partial charge on any atom is -0.298 e. The van der Waals surface area contributed by atoms with E-state index in [9.17, 15) is 8.42 Å². The lowest BCUT2D eigenvalue weighted by Gasteiger charge is -2.39. The fraction of sp³-hybridized carbons (Fsp3) is 0.474. The van der Waals surface area contributed by atoms with E-state index >= 15 is 0 Å². The van der Waals surface area contributed by atoms with Crippen molar-refractivity contribution < 1.29 is 8.42 Å². The second-order valence-electron chi connectivity index (χ2n) is 6.56. The SMILES string of the molecule is CCc1ccc(S(=O)(=O)N2CCN(CCc3ccccc3)C(C)C2)s1. The van der Waals surface area contributed by atoms with Crippen LogP contribution in [-0.4, -0.2) is 49.8 Å². The van der Waals surface area contributed by atoms with Crippen LogP contribution >= 0.6 is 11.3 Å². The summed E-state index contributed by atoms with van der Waals surface area (Å²) in [5, 5.41) is 0. The Morgan fingerprint density at radius 3 is 2.52 bits per heavy atom. The van der Waals surface area contributed by atoms with Gasteiger partial charge in [-0.1, -0.05) is 37.3 Å². The van der Waals surface area contributed by atoms with Gasteiger partial charge in [0.25, 0.3) is 10.0 Å². The molecule has 3 rings (SSSR count). The molecule has 0 N–H and O–H groups in total. The molecular formula is C19H26N2O2S2. The summed E-state index contributed by atoms with van der Waals surface area (Å²) in [6, 6.07) is 14.4. The van der Waals surface area contributed by atoms with Crippen LogP contribution in [0.5, 0.6) is 0 Å². The van der Waals surface area contributed by atoms with Crippen LogP contribution in [0.1, 0.15) is 24.3 Å². The Bertz CT molecular complexity index is 787. The molecule has 0 saturated carbocycles. The molecule has 6 heteroatoms. The first-order valence-corrected chi connectivity index (χ1v) is 11.1. The molecule has 1 aliphatic rings. The van der Waals surface area contributed by atoms with Crippen molar-refractivity contribution in [3.05, 3.63) is 52.9 Å². The third kappa shape index (κ3) is 4.31. The maximum absolute atomic E-state index is 12.9. The number of sulfonamides is 1. The van der Waals surface area contributed by atoms with Gasteiger partial charge >= 0.3 is 0 Å². The first-order chi connectivity index (χ1) is 12.0. The van der Waals surface area contributed by atoms with Crippen molar-refractivity contribution in [3.8, 4) is 0 Å². The van der Waals surface area contributed by atoms with E-state index in [0.717, 1.165) is 30.8 Å². The summed E-state index contributed by atoms with van der Waals surface area (Å²) in [7, 11) is -3.35. The number of hydrogen-bond acceptors (Lipinski definition) is 4. The van der Waals surface area contributed by atoms with Crippen LogP contribution in [-0.2, 0) is 22.9 Å². The lowest BCUT2D eigenvalue weighted by atomic mass is 10.1. The smallest absolute Gasteiger partial charge is 0.252 e. The fourth-order valence-electron chi connectivity index (χ4n) is 3.24. The monoisotopic (exact) mass is 378 g/mol. The third-order valence-electron chi connectivity index (χ3n) is 4.84. The van der Waals surface area contributed by atoms with Gasteiger partial charge in [0.2, 0.25) is 0 Å². The lowest BCUT2D eigenvalue weighted by molar-refractivity contribution is 0.130. The van der Waals surface area contributed by atoms with E-state index in [-0.39, 0.29) is 6.04 Å². The van der Waals surface area contributed by atoms with Gasteiger partial charge < -0.3 is 0 Å². The molecule has 2 aromatic rings. The molecule has 1 fully saturated rings. The van der Waals surface area contributed by atoms with Crippen LogP contribution in [0.15, 0.2) is 46.7 Å². The highest BCUT2D eigenvalue weighted by Gasteiger charge is 2.32. The third-order valence-corrected chi connectivity index (χ3v) is 8.40. The average molecular weight is 379 g/mol. The molecule has 0 radical (unpaired) electrons. The zero-order valence-corrected chi connectivity index (χ0v) is 16.5. The quantitative estimate of drug-likeness (QED) is 0.775. The van der Waals surface area contributed by atoms with Crippen LogP contribution in [0.2, 0.25) is 0 Å². The molecule has 1 unspecified atom stereocenters. The Labute approximate surface area is 155 Å². The maximum atomic E-state index is 12.9. The summed E-state index contributed by atoms with van der Waals surface area (Å²) in [5.74, 6) is 0. The van der Waals surface area contributed by atoms with E-state index in [1.165, 1.54) is 16.9 Å². The van der Waals surface area contributed by atoms with E-state index in [1.807, 2.05) is 12.1 Å². The van der Waals surface area contributed by atoms with E-state index in [1.54, 1.807) is 10.4 Å². The molecule has 136 valence electrons. The van der Waals surface area contributed by atoms with E-state index < -0.39 is 10.0 Å². The summed E-state index contributed by atoms with van der Waals surface area (Å²) < 4.78 is 27.9. The van der Waals surface area contributed by atoms with E-state index in [4.69, 9.17) is 0 Å². The van der Waals surface area contributed by atoms with Crippen LogP contribution in [0, 0.1) is 0 Å². The van der Waals surface area contributed by atoms with Crippen molar-refractivity contribution in [2.75, 3.05) is 26.2 Å². The lowest BCUT2D eigenvalue weighted by Crippen LogP contribution is -2.53. The molecule has 0 bridgehead atoms. The molecule has 2 heterocycles. The second kappa shape index (κ2) is 7.99. The normalized spacial score (nSPS) is 20.0. The predicted octanol–water partition coefficient (Wildman–Crippen LogP) is 3.25. The van der Waals surface area contributed by atoms with Gasteiger partial charge in [-0.15, -0.1) is 11.3 Å². The molecule has 1 aliphatic heterocycles. The number of nitrogens with zero attached hydrogens (tertiary/aromatic N) is 2. The Morgan fingerprint density at radius 2 is 1.88 bits per heavy atom. The largest absolute Gasteiger partial charge is 0.298 e. The van der Waals surface area contributed by atoms with Crippen LogP contribution in [0.3, 0.4) is 0 Å². The molecule has 1 aromatic heterocycles. The second-order valence-corrected chi connectivity index (χ2v) is 9.89. The van der Waals surface area contributed by atoms with Crippen molar-refractivity contribution in [2.45, 2.75) is 36.9 Å². The summed E-state index contributed by atoms with van der Waals surface area (Å²) in [6.45, 7) is 7.07. The van der Waals surface area contributed by atoms with Crippen molar-refractivity contribution in [1.82, 2.24) is 9.21 Å². The Balaban J connectivity index is 1.61. The number of piperazine rings is 1. The van der Waals surface area contributed by atoms with Crippen molar-refractivity contribution >= 4 is 21.4 Å². The molecule has 1 saturated heterocycles. The number of hydrogen-bond donors (Lipinski definition) is 0. The van der Waals surface area contributed by atoms with Gasteiger partial charge in [0.05, 0.1) is 0 Å². The number of thiophene rings is 1. The highest BCUT2D eigenvalue weighted by Crippen LogP contribution is 2.27. The predicted molar refractivity (Wildman–Crippen MR) is 104 cm³/mol. The number of benzene rings is 1. The number of rotatable bonds is 6. The molecule has 1 aromatic carbocycles. The van der Waals surface area contributed by atoms with Crippen molar-refractivity contribution in [1.29, 1.82) is 0 Å². The zero-order chi connectivity index (χ0) is 17.9. The highest BCUT2D eigenvalue weighted by molar-refractivity contribution is 7.91. The first-order valence-electron chi connectivity index (χ1n) is 8.87. The average Bonchev–Trinajstić information content (AvgIpc) is 3.11. The Morgan fingerprint density at radius 1 is 1.12 bits per heavy atom. The van der Waals surface area contributed by atoms with E-state index in [0.29, 0.717) is 17.3 Å². The highest BCUT2D eigenvalue weighted by atomic mass is 32.2. The maximum Gasteiger partial charge on any atom is 0.252 e. The van der Waals surface area contributed by atoms with Crippen molar-refractivity contribution in [3.63, 3.8) is 0 Å². The van der Waals surface area contributed by atoms with Gasteiger partial charge in [-0.2, -0.15) is 4.31 Å². The van der Waals surface area contributed by atoms with Crippen LogP contribution < -0.4 is 0 Å². The van der Waals surface area contributed by atoms with Crippen molar-refractivity contribution in [2.24, 2.45) is 0 Å². The topological polar surface area (TPSA) is 40.6 Å². The standard InChI is InChI=1S/C19H26N2O2S2/c1-3-18-9-10-19(24-18)25(22,23)21-14-13-20(16(2)15-21)12-11-17-7-5-4-6-8-17/h4-10,16H,3,11-15H2,1-2H3. The molecule has 1 atom stereocenters. The minimum atomic E-state index is -3.35. The summed E-state index contributed by atoms with van der Waals surface area (Å²) in [4.78, 5) is 3.51. The van der Waals surface area contributed by atoms with Gasteiger partial charge in [0.1, 0.15) is 4.21 Å². The Kier molecular flexibility index (Phi) is 5.94. The zero-order valence-electron chi connectivity index (χ0n) is 14.9. The number of aryl methyl sites for hydroxylation is 1. The molecule has 0 spiro atoms. The molecule has 4 nitrogen and oxygen atoms in total. The van der Waals surface area contributed by atoms with Gasteiger partial charge in [-0.05, 0) is 37.5 Å². The summed E-state index contributed by atoms with van der Waals surface area (Å²) in [5.41, 5.74) is 1.33. The molecule has 0 amide bonds. The minimum absolute atomic E-state index is 0.234. The van der Waals surface area contributed by atoms with Crippen LogP contribution in [0.25, 0.3) is 0 Å².